The Morgan fingerprint density at radius 3 is 2.53 bits per heavy atom. The number of carbonyl (C=O) groups is 1. The van der Waals surface area contributed by atoms with Crippen molar-refractivity contribution in [3.8, 4) is 0 Å². The highest BCUT2D eigenvalue weighted by Crippen LogP contribution is 2.08. The number of aromatic nitrogens is 2. The van der Waals surface area contributed by atoms with Crippen molar-refractivity contribution in [2.24, 2.45) is 7.05 Å². The summed E-state index contributed by atoms with van der Waals surface area (Å²) in [5.41, 5.74) is 1.40. The summed E-state index contributed by atoms with van der Waals surface area (Å²) in [6, 6.07) is 6.95. The van der Waals surface area contributed by atoms with E-state index in [0.717, 1.165) is 24.5 Å². The van der Waals surface area contributed by atoms with Crippen molar-refractivity contribution >= 4 is 5.97 Å². The highest BCUT2D eigenvalue weighted by Gasteiger charge is 2.06. The number of carboxylic acid groups (broad SMARTS) is 1. The van der Waals surface area contributed by atoms with E-state index in [1.165, 1.54) is 0 Å². The number of rotatable bonds is 5. The van der Waals surface area contributed by atoms with E-state index in [9.17, 15) is 4.79 Å². The molecule has 1 heterocycles. The summed E-state index contributed by atoms with van der Waals surface area (Å²) in [5.74, 6) is 0.109. The van der Waals surface area contributed by atoms with Gasteiger partial charge in [0.15, 0.2) is 0 Å². The van der Waals surface area contributed by atoms with Crippen LogP contribution in [-0.4, -0.2) is 32.6 Å². The summed E-state index contributed by atoms with van der Waals surface area (Å²) in [6.07, 6.45) is 3.70. The van der Waals surface area contributed by atoms with Crippen molar-refractivity contribution in [1.29, 1.82) is 0 Å². The first-order valence-electron chi connectivity index (χ1n) is 6.03. The lowest BCUT2D eigenvalue weighted by Gasteiger charge is -2.16. The number of aromatic carboxylic acids is 1. The van der Waals surface area contributed by atoms with Crippen LogP contribution in [0, 0.1) is 0 Å². The lowest BCUT2D eigenvalue weighted by Crippen LogP contribution is -2.19. The fourth-order valence-corrected chi connectivity index (χ4v) is 1.91. The molecule has 1 aromatic heterocycles. The molecule has 0 amide bonds. The Bertz CT molecular complexity index is 560. The van der Waals surface area contributed by atoms with Crippen LogP contribution in [-0.2, 0) is 20.1 Å². The molecule has 0 radical (unpaired) electrons. The van der Waals surface area contributed by atoms with Crippen LogP contribution in [0.2, 0.25) is 0 Å². The maximum atomic E-state index is 10.8. The Labute approximate surface area is 112 Å². The first kappa shape index (κ1) is 13.3. The summed E-state index contributed by atoms with van der Waals surface area (Å²) in [6.45, 7) is 1.51. The van der Waals surface area contributed by atoms with E-state index in [1.807, 2.05) is 37.0 Å². The minimum absolute atomic E-state index is 0.315. The maximum absolute atomic E-state index is 10.8. The van der Waals surface area contributed by atoms with Gasteiger partial charge in [-0.2, -0.15) is 0 Å². The van der Waals surface area contributed by atoms with Gasteiger partial charge < -0.3 is 9.67 Å². The number of nitrogens with zero attached hydrogens (tertiary/aromatic N) is 3. The lowest BCUT2D eigenvalue weighted by atomic mass is 10.1. The Hall–Kier alpha value is -2.14. The Kier molecular flexibility index (Phi) is 3.97. The van der Waals surface area contributed by atoms with Crippen LogP contribution in [0.15, 0.2) is 36.7 Å². The number of hydrogen-bond acceptors (Lipinski definition) is 3. The first-order valence-corrected chi connectivity index (χ1v) is 6.03. The minimum Gasteiger partial charge on any atom is -0.478 e. The molecule has 0 spiro atoms. The summed E-state index contributed by atoms with van der Waals surface area (Å²) >= 11 is 0. The van der Waals surface area contributed by atoms with Gasteiger partial charge in [-0.05, 0) is 24.7 Å². The van der Waals surface area contributed by atoms with Crippen LogP contribution >= 0.6 is 0 Å². The molecule has 1 N–H and O–H groups in total. The summed E-state index contributed by atoms with van der Waals surface area (Å²) in [5, 5.41) is 8.84. The predicted octanol–water partition coefficient (Wildman–Crippen LogP) is 1.75. The molecule has 2 rings (SSSR count). The van der Waals surface area contributed by atoms with Crippen molar-refractivity contribution in [1.82, 2.24) is 14.5 Å². The molecular formula is C14H17N3O2. The molecule has 0 fully saturated rings. The molecule has 5 heteroatoms. The Balaban J connectivity index is 1.97. The molecule has 1 aromatic carbocycles. The molecule has 0 saturated carbocycles. The van der Waals surface area contributed by atoms with E-state index in [0.29, 0.717) is 5.56 Å². The van der Waals surface area contributed by atoms with E-state index in [1.54, 1.807) is 18.3 Å². The quantitative estimate of drug-likeness (QED) is 0.888. The zero-order valence-electron chi connectivity index (χ0n) is 11.1. The second kappa shape index (κ2) is 5.67. The molecule has 19 heavy (non-hydrogen) atoms. The third-order valence-corrected chi connectivity index (χ3v) is 2.99. The number of carboxylic acids is 1. The molecule has 0 saturated heterocycles. The molecule has 0 aliphatic heterocycles. The van der Waals surface area contributed by atoms with Crippen molar-refractivity contribution in [3.63, 3.8) is 0 Å². The SMILES string of the molecule is CN(Cc1ccc(C(=O)O)cc1)Cc1nccn1C. The van der Waals surface area contributed by atoms with Crippen LogP contribution < -0.4 is 0 Å². The monoisotopic (exact) mass is 259 g/mol. The van der Waals surface area contributed by atoms with Gasteiger partial charge in [-0.1, -0.05) is 12.1 Å². The van der Waals surface area contributed by atoms with Crippen molar-refractivity contribution in [2.45, 2.75) is 13.1 Å². The molecule has 2 aromatic rings. The van der Waals surface area contributed by atoms with Crippen molar-refractivity contribution in [2.75, 3.05) is 7.05 Å². The first-order chi connectivity index (χ1) is 9.06. The molecular weight excluding hydrogens is 242 g/mol. The summed E-state index contributed by atoms with van der Waals surface area (Å²) in [4.78, 5) is 17.2. The molecule has 100 valence electrons. The smallest absolute Gasteiger partial charge is 0.335 e. The van der Waals surface area contributed by atoms with Gasteiger partial charge in [-0.15, -0.1) is 0 Å². The van der Waals surface area contributed by atoms with Gasteiger partial charge >= 0.3 is 5.97 Å². The predicted molar refractivity (Wildman–Crippen MR) is 71.8 cm³/mol. The topological polar surface area (TPSA) is 58.4 Å². The largest absolute Gasteiger partial charge is 0.478 e. The zero-order valence-corrected chi connectivity index (χ0v) is 11.1. The third kappa shape index (κ3) is 3.42. The Morgan fingerprint density at radius 2 is 2.00 bits per heavy atom. The van der Waals surface area contributed by atoms with E-state index in [4.69, 9.17) is 5.11 Å². The van der Waals surface area contributed by atoms with E-state index >= 15 is 0 Å². The number of hydrogen-bond donors (Lipinski definition) is 1. The molecule has 0 unspecified atom stereocenters. The van der Waals surface area contributed by atoms with Gasteiger partial charge in [0.2, 0.25) is 0 Å². The van der Waals surface area contributed by atoms with Gasteiger partial charge in [0.05, 0.1) is 12.1 Å². The van der Waals surface area contributed by atoms with Crippen LogP contribution in [0.1, 0.15) is 21.7 Å². The molecule has 0 aliphatic rings. The molecule has 0 bridgehead atoms. The zero-order chi connectivity index (χ0) is 13.8. The van der Waals surface area contributed by atoms with E-state index in [-0.39, 0.29) is 0 Å². The molecule has 0 atom stereocenters. The third-order valence-electron chi connectivity index (χ3n) is 2.99. The van der Waals surface area contributed by atoms with Gasteiger partial charge in [-0.25, -0.2) is 9.78 Å². The molecule has 0 aliphatic carbocycles. The van der Waals surface area contributed by atoms with E-state index in [2.05, 4.69) is 9.88 Å². The van der Waals surface area contributed by atoms with Crippen molar-refractivity contribution < 1.29 is 9.90 Å². The number of benzene rings is 1. The van der Waals surface area contributed by atoms with Gasteiger partial charge in [0.1, 0.15) is 5.82 Å². The minimum atomic E-state index is -0.895. The van der Waals surface area contributed by atoms with E-state index < -0.39 is 5.97 Å². The van der Waals surface area contributed by atoms with Gasteiger partial charge in [0, 0.05) is 26.0 Å². The standard InChI is InChI=1S/C14H17N3O2/c1-16(10-13-15-7-8-17(13)2)9-11-3-5-12(6-4-11)14(18)19/h3-8H,9-10H2,1-2H3,(H,18,19). The molecule has 5 nitrogen and oxygen atoms in total. The fourth-order valence-electron chi connectivity index (χ4n) is 1.91. The maximum Gasteiger partial charge on any atom is 0.335 e. The van der Waals surface area contributed by atoms with Gasteiger partial charge in [-0.3, -0.25) is 4.90 Å². The second-order valence-electron chi connectivity index (χ2n) is 4.63. The number of imidazole rings is 1. The number of aryl methyl sites for hydroxylation is 1. The van der Waals surface area contributed by atoms with Crippen LogP contribution in [0.3, 0.4) is 0 Å². The Morgan fingerprint density at radius 1 is 1.32 bits per heavy atom. The normalized spacial score (nSPS) is 10.9. The second-order valence-corrected chi connectivity index (χ2v) is 4.63. The van der Waals surface area contributed by atoms with Crippen LogP contribution in [0.5, 0.6) is 0 Å². The van der Waals surface area contributed by atoms with Crippen LogP contribution in [0.4, 0.5) is 0 Å². The van der Waals surface area contributed by atoms with Crippen molar-refractivity contribution in [3.05, 3.63) is 53.6 Å². The average Bonchev–Trinajstić information content (AvgIpc) is 2.75. The highest BCUT2D eigenvalue weighted by molar-refractivity contribution is 5.87. The van der Waals surface area contributed by atoms with Gasteiger partial charge in [0.25, 0.3) is 0 Å². The fraction of sp³-hybridized carbons (Fsp3) is 0.286. The lowest BCUT2D eigenvalue weighted by molar-refractivity contribution is 0.0697. The highest BCUT2D eigenvalue weighted by atomic mass is 16.4. The summed E-state index contributed by atoms with van der Waals surface area (Å²) in [7, 11) is 3.98. The average molecular weight is 259 g/mol. The summed E-state index contributed by atoms with van der Waals surface area (Å²) < 4.78 is 1.99. The van der Waals surface area contributed by atoms with Crippen LogP contribution in [0.25, 0.3) is 0 Å².